The van der Waals surface area contributed by atoms with Crippen LogP contribution < -0.4 is 5.73 Å². The monoisotopic (exact) mass is 290 g/mol. The van der Waals surface area contributed by atoms with Crippen molar-refractivity contribution in [1.29, 1.82) is 0 Å². The number of amides is 1. The van der Waals surface area contributed by atoms with Crippen LogP contribution in [0.15, 0.2) is 36.7 Å². The van der Waals surface area contributed by atoms with Crippen molar-refractivity contribution in [2.75, 3.05) is 12.3 Å². The fraction of sp³-hybridized carbons (Fsp3) is 0.214. The predicted molar refractivity (Wildman–Crippen MR) is 78.3 cm³/mol. The molecular weight excluding hydrogens is 276 g/mol. The summed E-state index contributed by atoms with van der Waals surface area (Å²) in [6.45, 7) is 2.88. The topological polar surface area (TPSA) is 72.1 Å². The second-order valence-corrected chi connectivity index (χ2v) is 4.62. The average molecular weight is 291 g/mol. The van der Waals surface area contributed by atoms with E-state index in [1.54, 1.807) is 11.1 Å². The molecule has 6 heteroatoms. The molecule has 2 rings (SSSR count). The van der Waals surface area contributed by atoms with Gasteiger partial charge in [-0.25, -0.2) is 4.98 Å². The fourth-order valence-electron chi connectivity index (χ4n) is 1.81. The van der Waals surface area contributed by atoms with Crippen molar-refractivity contribution in [3.8, 4) is 0 Å². The van der Waals surface area contributed by atoms with E-state index in [-0.39, 0.29) is 11.1 Å². The van der Waals surface area contributed by atoms with Gasteiger partial charge >= 0.3 is 0 Å². The van der Waals surface area contributed by atoms with Crippen LogP contribution in [0.4, 0.5) is 5.69 Å². The zero-order chi connectivity index (χ0) is 14.5. The number of carbonyl (C=O) groups is 1. The Balaban J connectivity index is 2.23. The largest absolute Gasteiger partial charge is 0.397 e. The summed E-state index contributed by atoms with van der Waals surface area (Å²) in [6.07, 6.45) is 3.09. The van der Waals surface area contributed by atoms with Gasteiger partial charge in [0.15, 0.2) is 0 Å². The predicted octanol–water partition coefficient (Wildman–Crippen LogP) is 2.37. The summed E-state index contributed by atoms with van der Waals surface area (Å²) in [7, 11) is 0. The quantitative estimate of drug-likeness (QED) is 0.878. The minimum Gasteiger partial charge on any atom is -0.397 e. The molecule has 0 fully saturated rings. The first-order valence-electron chi connectivity index (χ1n) is 6.22. The van der Waals surface area contributed by atoms with E-state index in [1.165, 1.54) is 12.3 Å². The van der Waals surface area contributed by atoms with Gasteiger partial charge in [-0.3, -0.25) is 9.78 Å². The van der Waals surface area contributed by atoms with Gasteiger partial charge in [0.1, 0.15) is 5.15 Å². The van der Waals surface area contributed by atoms with Crippen LogP contribution in [0, 0.1) is 0 Å². The van der Waals surface area contributed by atoms with Crippen molar-refractivity contribution in [3.05, 3.63) is 53.1 Å². The van der Waals surface area contributed by atoms with Crippen molar-refractivity contribution < 1.29 is 4.79 Å². The molecule has 0 aliphatic rings. The van der Waals surface area contributed by atoms with Crippen molar-refractivity contribution in [1.82, 2.24) is 14.9 Å². The van der Waals surface area contributed by atoms with E-state index in [1.807, 2.05) is 25.1 Å². The maximum absolute atomic E-state index is 12.5. The highest BCUT2D eigenvalue weighted by molar-refractivity contribution is 6.29. The maximum Gasteiger partial charge on any atom is 0.256 e. The van der Waals surface area contributed by atoms with E-state index in [2.05, 4.69) is 9.97 Å². The summed E-state index contributed by atoms with van der Waals surface area (Å²) >= 11 is 5.82. The van der Waals surface area contributed by atoms with Gasteiger partial charge in [-0.1, -0.05) is 17.7 Å². The molecule has 0 aliphatic heterocycles. The summed E-state index contributed by atoms with van der Waals surface area (Å²) in [6, 6.07) is 7.08. The van der Waals surface area contributed by atoms with Gasteiger partial charge in [0.05, 0.1) is 29.7 Å². The number of nitrogens with two attached hydrogens (primary N) is 1. The molecule has 0 atom stereocenters. The van der Waals surface area contributed by atoms with Gasteiger partial charge < -0.3 is 10.6 Å². The third-order valence-electron chi connectivity index (χ3n) is 2.88. The van der Waals surface area contributed by atoms with Crippen LogP contribution in [0.25, 0.3) is 0 Å². The number of anilines is 1. The van der Waals surface area contributed by atoms with Crippen LogP contribution in [-0.4, -0.2) is 27.3 Å². The second kappa shape index (κ2) is 6.34. The maximum atomic E-state index is 12.5. The highest BCUT2D eigenvalue weighted by atomic mass is 35.5. The zero-order valence-corrected chi connectivity index (χ0v) is 11.8. The van der Waals surface area contributed by atoms with E-state index in [0.29, 0.717) is 24.3 Å². The first-order valence-corrected chi connectivity index (χ1v) is 6.59. The fourth-order valence-corrected chi connectivity index (χ4v) is 1.97. The molecule has 0 saturated carbocycles. The lowest BCUT2D eigenvalue weighted by Gasteiger charge is -2.21. The normalized spacial score (nSPS) is 10.3. The number of nitrogen functional groups attached to an aromatic ring is 1. The lowest BCUT2D eigenvalue weighted by atomic mass is 10.2. The highest BCUT2D eigenvalue weighted by Crippen LogP contribution is 2.18. The number of pyridine rings is 2. The molecule has 2 aromatic rings. The molecular formula is C14H15ClN4O. The standard InChI is InChI=1S/C14H15ClN4O/c1-2-19(9-10-5-3-4-6-17-10)14(20)11-7-13(15)18-8-12(11)16/h3-8H,2,9,16H2,1H3. The number of rotatable bonds is 4. The second-order valence-electron chi connectivity index (χ2n) is 4.23. The average Bonchev–Trinajstić information content (AvgIpc) is 2.47. The summed E-state index contributed by atoms with van der Waals surface area (Å²) in [4.78, 5) is 22.2. The summed E-state index contributed by atoms with van der Waals surface area (Å²) in [5, 5.41) is 0.247. The van der Waals surface area contributed by atoms with Crippen LogP contribution in [-0.2, 0) is 6.54 Å². The molecule has 5 nitrogen and oxygen atoms in total. The SMILES string of the molecule is CCN(Cc1ccccn1)C(=O)c1cc(Cl)ncc1N. The molecule has 0 spiro atoms. The molecule has 2 N–H and O–H groups in total. The van der Waals surface area contributed by atoms with E-state index in [0.717, 1.165) is 5.69 Å². The molecule has 20 heavy (non-hydrogen) atoms. The Labute approximate surface area is 122 Å². The zero-order valence-electron chi connectivity index (χ0n) is 11.1. The lowest BCUT2D eigenvalue weighted by Crippen LogP contribution is -2.31. The molecule has 2 heterocycles. The van der Waals surface area contributed by atoms with Gasteiger partial charge in [-0.2, -0.15) is 0 Å². The van der Waals surface area contributed by atoms with Crippen LogP contribution in [0.3, 0.4) is 0 Å². The molecule has 104 valence electrons. The Hall–Kier alpha value is -2.14. The van der Waals surface area contributed by atoms with Gasteiger partial charge in [0.25, 0.3) is 5.91 Å². The number of carbonyl (C=O) groups excluding carboxylic acids is 1. The van der Waals surface area contributed by atoms with Crippen LogP contribution in [0.1, 0.15) is 23.0 Å². The number of nitrogens with zero attached hydrogens (tertiary/aromatic N) is 3. The minimum absolute atomic E-state index is 0.181. The Kier molecular flexibility index (Phi) is 4.53. The number of hydrogen-bond donors (Lipinski definition) is 1. The first kappa shape index (κ1) is 14.3. The van der Waals surface area contributed by atoms with Crippen molar-refractivity contribution in [2.24, 2.45) is 0 Å². The van der Waals surface area contributed by atoms with Crippen molar-refractivity contribution in [3.63, 3.8) is 0 Å². The highest BCUT2D eigenvalue weighted by Gasteiger charge is 2.18. The van der Waals surface area contributed by atoms with Gasteiger partial charge in [-0.15, -0.1) is 0 Å². The Bertz CT molecular complexity index is 603. The molecule has 1 amide bonds. The molecule has 0 bridgehead atoms. The van der Waals surface area contributed by atoms with Crippen LogP contribution in [0.5, 0.6) is 0 Å². The third-order valence-corrected chi connectivity index (χ3v) is 3.09. The Morgan fingerprint density at radius 2 is 2.20 bits per heavy atom. The molecule has 0 aliphatic carbocycles. The Morgan fingerprint density at radius 3 is 2.85 bits per heavy atom. The van der Waals surface area contributed by atoms with E-state index in [9.17, 15) is 4.79 Å². The summed E-state index contributed by atoms with van der Waals surface area (Å²) in [5.41, 5.74) is 7.29. The molecule has 2 aromatic heterocycles. The minimum atomic E-state index is -0.181. The van der Waals surface area contributed by atoms with Crippen LogP contribution >= 0.6 is 11.6 Å². The summed E-state index contributed by atoms with van der Waals surface area (Å²) < 4.78 is 0. The van der Waals surface area contributed by atoms with Crippen LogP contribution in [0.2, 0.25) is 5.15 Å². The third kappa shape index (κ3) is 3.24. The van der Waals surface area contributed by atoms with Gasteiger partial charge in [-0.05, 0) is 25.1 Å². The lowest BCUT2D eigenvalue weighted by molar-refractivity contribution is 0.0751. The molecule has 0 aromatic carbocycles. The number of hydrogen-bond acceptors (Lipinski definition) is 4. The van der Waals surface area contributed by atoms with Gasteiger partial charge in [0, 0.05) is 12.7 Å². The van der Waals surface area contributed by atoms with Crippen molar-refractivity contribution >= 4 is 23.2 Å². The van der Waals surface area contributed by atoms with E-state index >= 15 is 0 Å². The number of halogens is 1. The van der Waals surface area contributed by atoms with Crippen molar-refractivity contribution in [2.45, 2.75) is 13.5 Å². The van der Waals surface area contributed by atoms with E-state index < -0.39 is 0 Å². The molecule has 0 radical (unpaired) electrons. The molecule has 0 unspecified atom stereocenters. The Morgan fingerprint density at radius 1 is 1.40 bits per heavy atom. The summed E-state index contributed by atoms with van der Waals surface area (Å²) in [5.74, 6) is -0.181. The smallest absolute Gasteiger partial charge is 0.256 e. The molecule has 0 saturated heterocycles. The first-order chi connectivity index (χ1) is 9.61. The van der Waals surface area contributed by atoms with E-state index in [4.69, 9.17) is 17.3 Å². The van der Waals surface area contributed by atoms with Gasteiger partial charge in [0.2, 0.25) is 0 Å². The number of aromatic nitrogens is 2.